The molecule has 0 aliphatic heterocycles. The van der Waals surface area contributed by atoms with Gasteiger partial charge in [0.1, 0.15) is 12.4 Å². The minimum Gasteiger partial charge on any atom is -0.489 e. The van der Waals surface area contributed by atoms with Crippen molar-refractivity contribution in [3.05, 3.63) is 137 Å². The molecule has 0 bridgehead atoms. The molecule has 0 fully saturated rings. The third-order valence-electron chi connectivity index (χ3n) is 5.16. The third kappa shape index (κ3) is 5.40. The molecule has 4 aromatic carbocycles. The van der Waals surface area contributed by atoms with Crippen molar-refractivity contribution in [1.29, 1.82) is 0 Å². The average molecular weight is 408 g/mol. The summed E-state index contributed by atoms with van der Waals surface area (Å²) in [5.41, 5.74) is 4.92. The Kier molecular flexibility index (Phi) is 6.44. The Labute approximate surface area is 183 Å². The summed E-state index contributed by atoms with van der Waals surface area (Å²) in [6.07, 6.45) is 0. The second-order valence-corrected chi connectivity index (χ2v) is 7.53. The van der Waals surface area contributed by atoms with E-state index in [0.29, 0.717) is 17.9 Å². The van der Waals surface area contributed by atoms with Crippen LogP contribution < -0.4 is 10.1 Å². The SMILES string of the molecule is Cc1ccc([C@H](NC(=O)c2cccc(OCc3ccccc3)c2)c2ccccc2)cc1. The lowest BCUT2D eigenvalue weighted by molar-refractivity contribution is 0.0942. The van der Waals surface area contributed by atoms with E-state index in [1.807, 2.05) is 78.9 Å². The van der Waals surface area contributed by atoms with Crippen LogP contribution in [0, 0.1) is 6.92 Å². The van der Waals surface area contributed by atoms with Crippen LogP contribution in [-0.2, 0) is 6.61 Å². The molecule has 1 amide bonds. The smallest absolute Gasteiger partial charge is 0.252 e. The zero-order valence-corrected chi connectivity index (χ0v) is 17.5. The van der Waals surface area contributed by atoms with E-state index in [2.05, 4.69) is 36.5 Å². The Morgan fingerprint density at radius 1 is 0.774 bits per heavy atom. The summed E-state index contributed by atoms with van der Waals surface area (Å²) in [4.78, 5) is 13.1. The van der Waals surface area contributed by atoms with Crippen molar-refractivity contribution in [3.8, 4) is 5.75 Å². The van der Waals surface area contributed by atoms with Gasteiger partial charge in [0.25, 0.3) is 5.91 Å². The van der Waals surface area contributed by atoms with Gasteiger partial charge in [-0.1, -0.05) is 96.6 Å². The van der Waals surface area contributed by atoms with Gasteiger partial charge >= 0.3 is 0 Å². The predicted octanol–water partition coefficient (Wildman–Crippen LogP) is 6.09. The fourth-order valence-corrected chi connectivity index (χ4v) is 3.45. The van der Waals surface area contributed by atoms with Gasteiger partial charge in [-0.3, -0.25) is 4.79 Å². The molecule has 0 heterocycles. The first-order chi connectivity index (χ1) is 15.2. The first-order valence-corrected chi connectivity index (χ1v) is 10.4. The van der Waals surface area contributed by atoms with E-state index in [0.717, 1.165) is 16.7 Å². The van der Waals surface area contributed by atoms with Crippen LogP contribution in [0.15, 0.2) is 109 Å². The lowest BCUT2D eigenvalue weighted by Crippen LogP contribution is -2.29. The Balaban J connectivity index is 1.52. The number of hydrogen-bond donors (Lipinski definition) is 1. The number of ether oxygens (including phenoxy) is 1. The maximum absolute atomic E-state index is 13.1. The van der Waals surface area contributed by atoms with Crippen LogP contribution in [0.2, 0.25) is 0 Å². The highest BCUT2D eigenvalue weighted by molar-refractivity contribution is 5.95. The Morgan fingerprint density at radius 3 is 2.13 bits per heavy atom. The van der Waals surface area contributed by atoms with E-state index in [1.165, 1.54) is 5.56 Å². The molecule has 1 N–H and O–H groups in total. The normalized spacial score (nSPS) is 11.5. The number of amides is 1. The first-order valence-electron chi connectivity index (χ1n) is 10.4. The highest BCUT2D eigenvalue weighted by Gasteiger charge is 2.18. The topological polar surface area (TPSA) is 38.3 Å². The molecule has 31 heavy (non-hydrogen) atoms. The number of nitrogens with one attached hydrogen (secondary N) is 1. The number of rotatable bonds is 7. The zero-order chi connectivity index (χ0) is 21.5. The molecule has 3 heteroatoms. The van der Waals surface area contributed by atoms with Crippen molar-refractivity contribution >= 4 is 5.91 Å². The Bertz CT molecular complexity index is 1120. The largest absolute Gasteiger partial charge is 0.489 e. The van der Waals surface area contributed by atoms with Gasteiger partial charge in [-0.15, -0.1) is 0 Å². The van der Waals surface area contributed by atoms with Gasteiger partial charge in [0.05, 0.1) is 6.04 Å². The Hall–Kier alpha value is -3.85. The van der Waals surface area contributed by atoms with Crippen LogP contribution in [0.5, 0.6) is 5.75 Å². The number of carbonyl (C=O) groups is 1. The maximum Gasteiger partial charge on any atom is 0.252 e. The number of aryl methyl sites for hydroxylation is 1. The number of hydrogen-bond acceptors (Lipinski definition) is 2. The van der Waals surface area contributed by atoms with Crippen LogP contribution in [-0.4, -0.2) is 5.91 Å². The van der Waals surface area contributed by atoms with Crippen molar-refractivity contribution in [1.82, 2.24) is 5.32 Å². The van der Waals surface area contributed by atoms with Gasteiger partial charge in [-0.25, -0.2) is 0 Å². The van der Waals surface area contributed by atoms with Gasteiger partial charge in [-0.2, -0.15) is 0 Å². The van der Waals surface area contributed by atoms with Gasteiger partial charge in [0.15, 0.2) is 0 Å². The lowest BCUT2D eigenvalue weighted by atomic mass is 9.97. The van der Waals surface area contributed by atoms with Crippen molar-refractivity contribution in [3.63, 3.8) is 0 Å². The Morgan fingerprint density at radius 2 is 1.42 bits per heavy atom. The first kappa shape index (κ1) is 20.4. The van der Waals surface area contributed by atoms with E-state index in [-0.39, 0.29) is 11.9 Å². The zero-order valence-electron chi connectivity index (χ0n) is 17.5. The maximum atomic E-state index is 13.1. The summed E-state index contributed by atoms with van der Waals surface area (Å²) in [6.45, 7) is 2.52. The summed E-state index contributed by atoms with van der Waals surface area (Å²) < 4.78 is 5.89. The van der Waals surface area contributed by atoms with Gasteiger partial charge in [0.2, 0.25) is 0 Å². The molecule has 4 aromatic rings. The summed E-state index contributed by atoms with van der Waals surface area (Å²) in [7, 11) is 0. The quantitative estimate of drug-likeness (QED) is 0.402. The third-order valence-corrected chi connectivity index (χ3v) is 5.16. The van der Waals surface area contributed by atoms with Crippen molar-refractivity contribution in [2.45, 2.75) is 19.6 Å². The summed E-state index contributed by atoms with van der Waals surface area (Å²) in [5, 5.41) is 3.19. The predicted molar refractivity (Wildman–Crippen MR) is 124 cm³/mol. The molecular formula is C28H25NO2. The van der Waals surface area contributed by atoms with Gasteiger partial charge < -0.3 is 10.1 Å². The van der Waals surface area contributed by atoms with E-state index < -0.39 is 0 Å². The van der Waals surface area contributed by atoms with Gasteiger partial charge in [-0.05, 0) is 41.8 Å². The molecule has 0 aliphatic rings. The fourth-order valence-electron chi connectivity index (χ4n) is 3.45. The van der Waals surface area contributed by atoms with Crippen molar-refractivity contribution < 1.29 is 9.53 Å². The van der Waals surface area contributed by atoms with Gasteiger partial charge in [0, 0.05) is 5.56 Å². The molecule has 0 spiro atoms. The molecule has 0 saturated heterocycles. The monoisotopic (exact) mass is 407 g/mol. The number of carbonyl (C=O) groups excluding carboxylic acids is 1. The molecule has 0 aromatic heterocycles. The highest BCUT2D eigenvalue weighted by atomic mass is 16.5. The molecule has 0 radical (unpaired) electrons. The minimum atomic E-state index is -0.233. The van der Waals surface area contributed by atoms with Crippen LogP contribution >= 0.6 is 0 Å². The van der Waals surface area contributed by atoms with E-state index in [1.54, 1.807) is 6.07 Å². The molecule has 0 unspecified atom stereocenters. The molecule has 0 aliphatic carbocycles. The van der Waals surface area contributed by atoms with E-state index >= 15 is 0 Å². The number of benzene rings is 4. The van der Waals surface area contributed by atoms with Crippen LogP contribution in [0.1, 0.15) is 38.7 Å². The lowest BCUT2D eigenvalue weighted by Gasteiger charge is -2.20. The molecule has 0 saturated carbocycles. The van der Waals surface area contributed by atoms with Crippen molar-refractivity contribution in [2.75, 3.05) is 0 Å². The molecule has 1 atom stereocenters. The van der Waals surface area contributed by atoms with Crippen LogP contribution in [0.3, 0.4) is 0 Å². The summed E-state index contributed by atoms with van der Waals surface area (Å²) >= 11 is 0. The highest BCUT2D eigenvalue weighted by Crippen LogP contribution is 2.24. The van der Waals surface area contributed by atoms with Crippen LogP contribution in [0.25, 0.3) is 0 Å². The average Bonchev–Trinajstić information content (AvgIpc) is 2.83. The second-order valence-electron chi connectivity index (χ2n) is 7.53. The summed E-state index contributed by atoms with van der Waals surface area (Å²) in [5.74, 6) is 0.530. The molecule has 154 valence electrons. The molecule has 3 nitrogen and oxygen atoms in total. The van der Waals surface area contributed by atoms with Crippen LogP contribution in [0.4, 0.5) is 0 Å². The van der Waals surface area contributed by atoms with E-state index in [4.69, 9.17) is 4.74 Å². The van der Waals surface area contributed by atoms with E-state index in [9.17, 15) is 4.79 Å². The minimum absolute atomic E-state index is 0.139. The fraction of sp³-hybridized carbons (Fsp3) is 0.107. The molecular weight excluding hydrogens is 382 g/mol. The molecule has 4 rings (SSSR count). The standard InChI is InChI=1S/C28H25NO2/c1-21-15-17-24(18-16-21)27(23-11-6-3-7-12-23)29-28(30)25-13-8-14-26(19-25)31-20-22-9-4-2-5-10-22/h2-19,27H,20H2,1H3,(H,29,30)/t27-/m1/s1. The van der Waals surface area contributed by atoms with Crippen molar-refractivity contribution in [2.24, 2.45) is 0 Å². The second kappa shape index (κ2) is 9.77. The summed E-state index contributed by atoms with van der Waals surface area (Å²) in [6, 6.07) is 35.3.